The second kappa shape index (κ2) is 7.25. The van der Waals surface area contributed by atoms with Crippen LogP contribution in [0.4, 0.5) is 4.39 Å². The lowest BCUT2D eigenvalue weighted by molar-refractivity contribution is 0.381. The molecule has 90 valence electrons. The van der Waals surface area contributed by atoms with E-state index in [0.717, 1.165) is 6.42 Å². The average molecular weight is 246 g/mol. The van der Waals surface area contributed by atoms with Crippen molar-refractivity contribution in [2.75, 3.05) is 7.11 Å². The van der Waals surface area contributed by atoms with Crippen LogP contribution in [0.1, 0.15) is 24.4 Å². The van der Waals surface area contributed by atoms with Crippen molar-refractivity contribution in [1.82, 2.24) is 0 Å². The van der Waals surface area contributed by atoms with Crippen molar-refractivity contribution < 1.29 is 9.13 Å². The molecule has 0 aliphatic carbocycles. The van der Waals surface area contributed by atoms with Crippen LogP contribution in [0, 0.1) is 5.82 Å². The van der Waals surface area contributed by atoms with Crippen molar-refractivity contribution in [3.63, 3.8) is 0 Å². The van der Waals surface area contributed by atoms with E-state index in [0.29, 0.717) is 12.0 Å². The molecule has 2 nitrogen and oxygen atoms in total. The van der Waals surface area contributed by atoms with Crippen molar-refractivity contribution >= 4 is 12.4 Å². The Kier molecular flexibility index (Phi) is 6.77. The molecule has 1 atom stereocenters. The zero-order chi connectivity index (χ0) is 11.3. The highest BCUT2D eigenvalue weighted by Crippen LogP contribution is 2.25. The van der Waals surface area contributed by atoms with Crippen LogP contribution in [-0.2, 0) is 0 Å². The lowest BCUT2D eigenvalue weighted by atomic mass is 10.0. The summed E-state index contributed by atoms with van der Waals surface area (Å²) < 4.78 is 18.6. The molecule has 0 aromatic heterocycles. The molecule has 0 heterocycles. The number of nitrogens with two attached hydrogens (primary N) is 1. The summed E-state index contributed by atoms with van der Waals surface area (Å²) in [6.45, 7) is 3.61. The van der Waals surface area contributed by atoms with E-state index in [1.54, 1.807) is 24.3 Å². The van der Waals surface area contributed by atoms with Gasteiger partial charge in [-0.2, -0.15) is 0 Å². The van der Waals surface area contributed by atoms with E-state index >= 15 is 0 Å². The van der Waals surface area contributed by atoms with Crippen molar-refractivity contribution in [1.29, 1.82) is 0 Å². The highest BCUT2D eigenvalue weighted by molar-refractivity contribution is 5.85. The molecule has 1 rings (SSSR count). The van der Waals surface area contributed by atoms with Gasteiger partial charge < -0.3 is 10.5 Å². The number of benzene rings is 1. The summed E-state index contributed by atoms with van der Waals surface area (Å²) in [4.78, 5) is 0. The Hall–Kier alpha value is -1.06. The molecular formula is C12H17ClFNO. The summed E-state index contributed by atoms with van der Waals surface area (Å²) in [5, 5.41) is 0. The molecule has 0 spiro atoms. The number of ether oxygens (including phenoxy) is 1. The Morgan fingerprint density at radius 3 is 2.81 bits per heavy atom. The maximum atomic E-state index is 13.7. The molecule has 4 heteroatoms. The molecule has 0 aliphatic heterocycles. The van der Waals surface area contributed by atoms with Crippen LogP contribution in [-0.4, -0.2) is 7.11 Å². The van der Waals surface area contributed by atoms with Crippen LogP contribution in [0.2, 0.25) is 0 Å². The molecule has 0 unspecified atom stereocenters. The topological polar surface area (TPSA) is 35.2 Å². The highest BCUT2D eigenvalue weighted by atomic mass is 35.5. The number of methoxy groups -OCH3 is 1. The zero-order valence-corrected chi connectivity index (χ0v) is 10.1. The monoisotopic (exact) mass is 245 g/mol. The van der Waals surface area contributed by atoms with Gasteiger partial charge in [-0.3, -0.25) is 0 Å². The fourth-order valence-electron chi connectivity index (χ4n) is 1.42. The second-order valence-electron chi connectivity index (χ2n) is 3.34. The summed E-state index contributed by atoms with van der Waals surface area (Å²) >= 11 is 0. The van der Waals surface area contributed by atoms with Gasteiger partial charge in [-0.05, 0) is 18.9 Å². The van der Waals surface area contributed by atoms with Crippen LogP contribution in [0.5, 0.6) is 5.75 Å². The van der Waals surface area contributed by atoms with Gasteiger partial charge in [0.05, 0.1) is 7.11 Å². The first-order valence-corrected chi connectivity index (χ1v) is 4.89. The van der Waals surface area contributed by atoms with Crippen LogP contribution < -0.4 is 10.5 Å². The molecule has 0 aliphatic rings. The molecule has 0 saturated carbocycles. The second-order valence-corrected chi connectivity index (χ2v) is 3.34. The number of halogens is 2. The predicted molar refractivity (Wildman–Crippen MR) is 66.6 cm³/mol. The largest absolute Gasteiger partial charge is 0.494 e. The Morgan fingerprint density at radius 2 is 2.25 bits per heavy atom. The summed E-state index contributed by atoms with van der Waals surface area (Å²) in [5.74, 6) is -0.127. The third kappa shape index (κ3) is 3.51. The molecule has 0 amide bonds. The Bertz CT molecular complexity index is 344. The summed E-state index contributed by atoms with van der Waals surface area (Å²) in [6, 6.07) is 4.70. The van der Waals surface area contributed by atoms with E-state index in [4.69, 9.17) is 10.5 Å². The molecule has 0 bridgehead atoms. The molecule has 1 aromatic rings. The van der Waals surface area contributed by atoms with Crippen LogP contribution >= 0.6 is 12.4 Å². The molecule has 1 aromatic carbocycles. The van der Waals surface area contributed by atoms with Gasteiger partial charge in [-0.15, -0.1) is 19.0 Å². The van der Waals surface area contributed by atoms with Gasteiger partial charge >= 0.3 is 0 Å². The van der Waals surface area contributed by atoms with Crippen LogP contribution in [0.25, 0.3) is 0 Å². The molecule has 2 N–H and O–H groups in total. The van der Waals surface area contributed by atoms with Gasteiger partial charge in [0.2, 0.25) is 0 Å². The zero-order valence-electron chi connectivity index (χ0n) is 9.28. The standard InChI is InChI=1S/C12H16FNO.ClH/c1-3-4-7-10(14)9-6-5-8-11(15-2)12(9)13;/h3,5-6,8,10H,1,4,7,14H2,2H3;1H/t10-;/m1./s1. The van der Waals surface area contributed by atoms with E-state index in [1.165, 1.54) is 7.11 Å². The van der Waals surface area contributed by atoms with E-state index in [2.05, 4.69) is 6.58 Å². The van der Waals surface area contributed by atoms with Gasteiger partial charge in [0, 0.05) is 11.6 Å². The summed E-state index contributed by atoms with van der Waals surface area (Å²) in [5.41, 5.74) is 6.36. The SMILES string of the molecule is C=CCC[C@@H](N)c1cccc(OC)c1F.Cl. The number of allylic oxidation sites excluding steroid dienone is 1. The third-order valence-electron chi connectivity index (χ3n) is 2.29. The van der Waals surface area contributed by atoms with E-state index in [9.17, 15) is 4.39 Å². The van der Waals surface area contributed by atoms with Crippen molar-refractivity contribution in [3.8, 4) is 5.75 Å². The van der Waals surface area contributed by atoms with E-state index in [1.807, 2.05) is 0 Å². The molecular weight excluding hydrogens is 229 g/mol. The quantitative estimate of drug-likeness (QED) is 0.809. The van der Waals surface area contributed by atoms with Crippen LogP contribution in [0.15, 0.2) is 30.9 Å². The fourth-order valence-corrected chi connectivity index (χ4v) is 1.42. The number of hydrogen-bond acceptors (Lipinski definition) is 2. The van der Waals surface area contributed by atoms with Gasteiger partial charge in [0.25, 0.3) is 0 Å². The molecule has 0 radical (unpaired) electrons. The minimum atomic E-state index is -0.364. The first kappa shape index (κ1) is 14.9. The minimum Gasteiger partial charge on any atom is -0.494 e. The Morgan fingerprint density at radius 1 is 1.56 bits per heavy atom. The lowest BCUT2D eigenvalue weighted by Crippen LogP contribution is -2.12. The lowest BCUT2D eigenvalue weighted by Gasteiger charge is -2.13. The Balaban J connectivity index is 0.00000225. The maximum Gasteiger partial charge on any atom is 0.169 e. The van der Waals surface area contributed by atoms with E-state index in [-0.39, 0.29) is 30.0 Å². The minimum absolute atomic E-state index is 0. The number of rotatable bonds is 5. The Labute approximate surface area is 102 Å². The van der Waals surface area contributed by atoms with Gasteiger partial charge in [-0.25, -0.2) is 4.39 Å². The molecule has 0 fully saturated rings. The smallest absolute Gasteiger partial charge is 0.169 e. The third-order valence-corrected chi connectivity index (χ3v) is 2.29. The average Bonchev–Trinajstić information content (AvgIpc) is 2.26. The fraction of sp³-hybridized carbons (Fsp3) is 0.333. The summed E-state index contributed by atoms with van der Waals surface area (Å²) in [6.07, 6.45) is 3.24. The maximum absolute atomic E-state index is 13.7. The highest BCUT2D eigenvalue weighted by Gasteiger charge is 2.13. The van der Waals surface area contributed by atoms with Gasteiger partial charge in [0.15, 0.2) is 11.6 Å². The molecule has 0 saturated heterocycles. The normalized spacial score (nSPS) is 11.4. The number of hydrogen-bond donors (Lipinski definition) is 1. The summed E-state index contributed by atoms with van der Waals surface area (Å²) in [7, 11) is 1.44. The van der Waals surface area contributed by atoms with Crippen molar-refractivity contribution in [3.05, 3.63) is 42.2 Å². The predicted octanol–water partition coefficient (Wildman–Crippen LogP) is 3.22. The van der Waals surface area contributed by atoms with E-state index < -0.39 is 0 Å². The first-order chi connectivity index (χ1) is 7.20. The van der Waals surface area contributed by atoms with Crippen LogP contribution in [0.3, 0.4) is 0 Å². The van der Waals surface area contributed by atoms with Crippen molar-refractivity contribution in [2.24, 2.45) is 5.73 Å². The van der Waals surface area contributed by atoms with Crippen molar-refractivity contribution in [2.45, 2.75) is 18.9 Å². The van der Waals surface area contributed by atoms with Gasteiger partial charge in [0.1, 0.15) is 0 Å². The van der Waals surface area contributed by atoms with Gasteiger partial charge in [-0.1, -0.05) is 18.2 Å². The molecule has 16 heavy (non-hydrogen) atoms. The first-order valence-electron chi connectivity index (χ1n) is 4.89.